The Hall–Kier alpha value is -3.04. The lowest BCUT2D eigenvalue weighted by atomic mass is 9.96. The summed E-state index contributed by atoms with van der Waals surface area (Å²) in [5.41, 5.74) is 1.70. The van der Waals surface area contributed by atoms with Crippen LogP contribution in [0.1, 0.15) is 45.2 Å². The monoisotopic (exact) mass is 378 g/mol. The van der Waals surface area contributed by atoms with Crippen LogP contribution in [0.5, 0.6) is 5.75 Å². The summed E-state index contributed by atoms with van der Waals surface area (Å²) < 4.78 is 11.2. The van der Waals surface area contributed by atoms with Crippen molar-refractivity contribution in [1.82, 2.24) is 0 Å². The molecule has 1 aliphatic rings. The van der Waals surface area contributed by atoms with Crippen molar-refractivity contribution < 1.29 is 13.9 Å². The molecule has 0 spiro atoms. The first-order valence-corrected chi connectivity index (χ1v) is 9.69. The fourth-order valence-electron chi connectivity index (χ4n) is 3.19. The van der Waals surface area contributed by atoms with Gasteiger partial charge in [-0.25, -0.2) is 0 Å². The summed E-state index contributed by atoms with van der Waals surface area (Å²) >= 11 is 1.50. The lowest BCUT2D eigenvalue weighted by Gasteiger charge is -2.09. The quantitative estimate of drug-likeness (QED) is 0.683. The van der Waals surface area contributed by atoms with Gasteiger partial charge in [0.15, 0.2) is 5.76 Å². The molecule has 0 radical (unpaired) electrons. The average Bonchev–Trinajstić information content (AvgIpc) is 3.31. The summed E-state index contributed by atoms with van der Waals surface area (Å²) in [6.45, 7) is 0.244. The number of aryl methyl sites for hydroxylation is 1. The normalized spacial score (nSPS) is 12.9. The van der Waals surface area contributed by atoms with E-state index in [4.69, 9.17) is 9.15 Å². The number of benzene rings is 1. The molecule has 1 amide bonds. The van der Waals surface area contributed by atoms with Crippen LogP contribution in [0.4, 0.5) is 5.00 Å². The molecular weight excluding hydrogens is 360 g/mol. The molecule has 6 heteroatoms. The zero-order chi connectivity index (χ0) is 18.6. The predicted molar refractivity (Wildman–Crippen MR) is 103 cm³/mol. The number of thiophene rings is 1. The zero-order valence-corrected chi connectivity index (χ0v) is 15.5. The lowest BCUT2D eigenvalue weighted by Crippen LogP contribution is -2.11. The van der Waals surface area contributed by atoms with E-state index in [9.17, 15) is 10.1 Å². The van der Waals surface area contributed by atoms with Crippen LogP contribution in [0.3, 0.4) is 0 Å². The second-order valence-electron chi connectivity index (χ2n) is 6.35. The second kappa shape index (κ2) is 7.68. The van der Waals surface area contributed by atoms with Crippen LogP contribution in [0.25, 0.3) is 0 Å². The van der Waals surface area contributed by atoms with Crippen LogP contribution in [0.2, 0.25) is 0 Å². The third kappa shape index (κ3) is 3.74. The van der Waals surface area contributed by atoms with E-state index in [1.54, 1.807) is 12.1 Å². The van der Waals surface area contributed by atoms with Gasteiger partial charge in [0.1, 0.15) is 29.2 Å². The van der Waals surface area contributed by atoms with Crippen molar-refractivity contribution in [2.75, 3.05) is 5.32 Å². The molecule has 1 aliphatic carbocycles. The van der Waals surface area contributed by atoms with E-state index in [-0.39, 0.29) is 18.3 Å². The van der Waals surface area contributed by atoms with Crippen LogP contribution < -0.4 is 10.1 Å². The number of carbonyl (C=O) groups is 1. The summed E-state index contributed by atoms with van der Waals surface area (Å²) in [6, 6.07) is 15.0. The van der Waals surface area contributed by atoms with Gasteiger partial charge < -0.3 is 14.5 Å². The van der Waals surface area contributed by atoms with Gasteiger partial charge in [-0.05, 0) is 55.5 Å². The fraction of sp³-hybridized carbons (Fsp3) is 0.238. The van der Waals surface area contributed by atoms with Gasteiger partial charge in [-0.1, -0.05) is 18.2 Å². The maximum absolute atomic E-state index is 12.5. The molecule has 136 valence electrons. The second-order valence-corrected chi connectivity index (χ2v) is 7.45. The van der Waals surface area contributed by atoms with Gasteiger partial charge in [-0.3, -0.25) is 4.79 Å². The number of hydrogen-bond donors (Lipinski definition) is 1. The number of amides is 1. The van der Waals surface area contributed by atoms with Crippen LogP contribution in [-0.2, 0) is 19.4 Å². The number of hydrogen-bond acceptors (Lipinski definition) is 5. The summed E-state index contributed by atoms with van der Waals surface area (Å²) in [7, 11) is 0. The van der Waals surface area contributed by atoms with Gasteiger partial charge in [0.25, 0.3) is 5.91 Å². The Morgan fingerprint density at radius 3 is 2.81 bits per heavy atom. The highest BCUT2D eigenvalue weighted by molar-refractivity contribution is 7.16. The number of nitrogens with one attached hydrogen (secondary N) is 1. The number of rotatable bonds is 5. The number of ether oxygens (including phenoxy) is 1. The number of furan rings is 1. The molecule has 1 N–H and O–H groups in total. The van der Waals surface area contributed by atoms with Gasteiger partial charge >= 0.3 is 0 Å². The summed E-state index contributed by atoms with van der Waals surface area (Å²) in [6.07, 6.45) is 4.11. The maximum atomic E-state index is 12.5. The van der Waals surface area contributed by atoms with Crippen molar-refractivity contribution in [2.45, 2.75) is 32.3 Å². The Bertz CT molecular complexity index is 998. The third-order valence-electron chi connectivity index (χ3n) is 4.52. The summed E-state index contributed by atoms with van der Waals surface area (Å²) in [5.74, 6) is 1.16. The maximum Gasteiger partial charge on any atom is 0.292 e. The number of carbonyl (C=O) groups excluding carboxylic acids is 1. The molecular formula is C21H18N2O3S. The Kier molecular flexibility index (Phi) is 4.95. The van der Waals surface area contributed by atoms with E-state index >= 15 is 0 Å². The molecule has 4 rings (SSSR count). The predicted octanol–water partition coefficient (Wildman–Crippen LogP) is 4.92. The number of fused-ring (bicyclic) bond motifs is 1. The van der Waals surface area contributed by atoms with Gasteiger partial charge in [0.2, 0.25) is 0 Å². The van der Waals surface area contributed by atoms with E-state index in [2.05, 4.69) is 11.4 Å². The largest absolute Gasteiger partial charge is 0.486 e. The number of nitrogens with zero attached hydrogens (tertiary/aromatic N) is 1. The Morgan fingerprint density at radius 2 is 2.00 bits per heavy atom. The van der Waals surface area contributed by atoms with Gasteiger partial charge in [0, 0.05) is 4.88 Å². The molecule has 1 aromatic carbocycles. The van der Waals surface area contributed by atoms with Gasteiger partial charge in [-0.2, -0.15) is 5.26 Å². The van der Waals surface area contributed by atoms with E-state index in [1.807, 2.05) is 30.3 Å². The van der Waals surface area contributed by atoms with Gasteiger partial charge in [0.05, 0.1) is 5.56 Å². The van der Waals surface area contributed by atoms with E-state index < -0.39 is 0 Å². The van der Waals surface area contributed by atoms with Crippen LogP contribution in [-0.4, -0.2) is 5.91 Å². The number of nitriles is 1. The van der Waals surface area contributed by atoms with E-state index in [1.165, 1.54) is 16.2 Å². The molecule has 0 atom stereocenters. The number of anilines is 1. The molecule has 0 aliphatic heterocycles. The van der Waals surface area contributed by atoms with Crippen LogP contribution in [0, 0.1) is 11.3 Å². The molecule has 5 nitrogen and oxygen atoms in total. The van der Waals surface area contributed by atoms with Crippen molar-refractivity contribution >= 4 is 22.2 Å². The Labute approximate surface area is 161 Å². The van der Waals surface area contributed by atoms with Crippen molar-refractivity contribution in [3.63, 3.8) is 0 Å². The first kappa shape index (κ1) is 17.4. The molecule has 0 fully saturated rings. The standard InChI is InChI=1S/C21H18N2O3S/c22-12-17-16-8-4-5-9-19(16)27-21(17)23-20(24)18-11-10-15(26-18)13-25-14-6-2-1-3-7-14/h1-3,6-7,10-11H,4-5,8-9,13H2,(H,23,24). The first-order chi connectivity index (χ1) is 13.2. The lowest BCUT2D eigenvalue weighted by molar-refractivity contribution is 0.0993. The van der Waals surface area contributed by atoms with E-state index in [0.717, 1.165) is 37.0 Å². The van der Waals surface area contributed by atoms with Crippen LogP contribution >= 0.6 is 11.3 Å². The number of para-hydroxylation sites is 1. The summed E-state index contributed by atoms with van der Waals surface area (Å²) in [4.78, 5) is 13.7. The van der Waals surface area contributed by atoms with Crippen molar-refractivity contribution in [1.29, 1.82) is 5.26 Å². The molecule has 2 aromatic heterocycles. The van der Waals surface area contributed by atoms with E-state index in [0.29, 0.717) is 16.3 Å². The van der Waals surface area contributed by atoms with Crippen molar-refractivity contribution in [3.8, 4) is 11.8 Å². The molecule has 0 saturated carbocycles. The average molecular weight is 378 g/mol. The fourth-order valence-corrected chi connectivity index (χ4v) is 4.42. The minimum atomic E-state index is -0.351. The highest BCUT2D eigenvalue weighted by Gasteiger charge is 2.23. The van der Waals surface area contributed by atoms with Crippen LogP contribution in [0.15, 0.2) is 46.9 Å². The third-order valence-corrected chi connectivity index (χ3v) is 5.73. The highest BCUT2D eigenvalue weighted by atomic mass is 32.1. The summed E-state index contributed by atoms with van der Waals surface area (Å²) in [5, 5.41) is 13.0. The molecule has 27 heavy (non-hydrogen) atoms. The van der Waals surface area contributed by atoms with Crippen molar-refractivity contribution in [2.24, 2.45) is 0 Å². The smallest absolute Gasteiger partial charge is 0.292 e. The van der Waals surface area contributed by atoms with Gasteiger partial charge in [-0.15, -0.1) is 11.3 Å². The Morgan fingerprint density at radius 1 is 1.19 bits per heavy atom. The first-order valence-electron chi connectivity index (χ1n) is 8.87. The zero-order valence-electron chi connectivity index (χ0n) is 14.7. The SMILES string of the molecule is N#Cc1c(NC(=O)c2ccc(COc3ccccc3)o2)sc2c1CCCC2. The van der Waals surface area contributed by atoms with Crippen molar-refractivity contribution in [3.05, 3.63) is 70.0 Å². The highest BCUT2D eigenvalue weighted by Crippen LogP contribution is 2.37. The Balaban J connectivity index is 1.44. The topological polar surface area (TPSA) is 75.3 Å². The minimum Gasteiger partial charge on any atom is -0.486 e. The molecule has 0 bridgehead atoms. The molecule has 0 saturated heterocycles. The minimum absolute atomic E-state index is 0.205. The molecule has 0 unspecified atom stereocenters. The molecule has 2 heterocycles. The molecule has 3 aromatic rings.